The number of hydrogen-bond acceptors (Lipinski definition) is 1. The van der Waals surface area contributed by atoms with Crippen LogP contribution in [0.15, 0.2) is 0 Å². The molecule has 1 nitrogen and oxygen atoms in total. The van der Waals surface area contributed by atoms with Gasteiger partial charge in [0.1, 0.15) is 0 Å². The molecule has 0 bridgehead atoms. The van der Waals surface area contributed by atoms with Crippen LogP contribution in [0.4, 0.5) is 0 Å². The molecule has 1 atom stereocenters. The Labute approximate surface area is 90.4 Å². The summed E-state index contributed by atoms with van der Waals surface area (Å²) in [7, 11) is 0. The number of alkyl halides is 3. The molecule has 50 valence electrons. The van der Waals surface area contributed by atoms with Gasteiger partial charge in [0.2, 0.25) is 0 Å². The average Bonchev–Trinajstić information content (AvgIpc) is 1.62. The Hall–Kier alpha value is 2.15. The largest absolute Gasteiger partial charge is 0.370 e. The van der Waals surface area contributed by atoms with Gasteiger partial charge in [-0.2, -0.15) is 0 Å². The molecular formula is C4H7I3O. The van der Waals surface area contributed by atoms with E-state index < -0.39 is 1.61 Å². The van der Waals surface area contributed by atoms with Gasteiger partial charge in [-0.1, -0.05) is 29.5 Å². The van der Waals surface area contributed by atoms with E-state index in [9.17, 15) is 5.11 Å². The maximum absolute atomic E-state index is 9.25. The molecule has 0 aliphatic carbocycles. The topological polar surface area (TPSA) is 20.2 Å². The minimum absolute atomic E-state index is 0.348. The van der Waals surface area contributed by atoms with E-state index in [4.69, 9.17) is 0 Å². The molecule has 0 spiro atoms. The standard InChI is InChI=1S/C4H7I3O/c1-2-3(5)4(6,7)8/h3,8H,2H2,1H3. The Morgan fingerprint density at radius 2 is 2.00 bits per heavy atom. The van der Waals surface area contributed by atoms with Crippen molar-refractivity contribution in [3.63, 3.8) is 0 Å². The van der Waals surface area contributed by atoms with Crippen LogP contribution < -0.4 is 0 Å². The molecule has 0 aromatic rings. The fraction of sp³-hybridized carbons (Fsp3) is 1.00. The van der Waals surface area contributed by atoms with Crippen LogP contribution in [0.3, 0.4) is 0 Å². The van der Waals surface area contributed by atoms with Crippen LogP contribution in [0.2, 0.25) is 0 Å². The summed E-state index contributed by atoms with van der Waals surface area (Å²) < 4.78 is -0.216. The number of aliphatic hydroxyl groups is 1. The van der Waals surface area contributed by atoms with Crippen LogP contribution in [0, 0.1) is 0 Å². The zero-order chi connectivity index (χ0) is 6.78. The van der Waals surface area contributed by atoms with Crippen molar-refractivity contribution >= 4 is 67.8 Å². The highest BCUT2D eigenvalue weighted by Gasteiger charge is 2.25. The van der Waals surface area contributed by atoms with Crippen LogP contribution in [-0.2, 0) is 0 Å². The third-order valence-electron chi connectivity index (χ3n) is 0.735. The molecule has 0 radical (unpaired) electrons. The van der Waals surface area contributed by atoms with E-state index in [1.54, 1.807) is 0 Å². The maximum Gasteiger partial charge on any atom is 0.178 e. The molecule has 8 heavy (non-hydrogen) atoms. The van der Waals surface area contributed by atoms with E-state index in [0.29, 0.717) is 3.92 Å². The number of halogens is 3. The lowest BCUT2D eigenvalue weighted by atomic mass is 10.4. The van der Waals surface area contributed by atoms with E-state index in [0.717, 1.165) is 6.42 Å². The summed E-state index contributed by atoms with van der Waals surface area (Å²) in [6.07, 6.45) is 1.02. The van der Waals surface area contributed by atoms with Crippen molar-refractivity contribution in [2.45, 2.75) is 18.9 Å². The van der Waals surface area contributed by atoms with Crippen molar-refractivity contribution in [3.8, 4) is 0 Å². The van der Waals surface area contributed by atoms with E-state index in [1.165, 1.54) is 0 Å². The first-order valence-corrected chi connectivity index (χ1v) is 5.63. The third kappa shape index (κ3) is 4.04. The van der Waals surface area contributed by atoms with Crippen molar-refractivity contribution in [2.24, 2.45) is 0 Å². The van der Waals surface area contributed by atoms with Crippen molar-refractivity contribution in [2.75, 3.05) is 0 Å². The molecule has 0 saturated carbocycles. The second-order valence-electron chi connectivity index (χ2n) is 1.46. The summed E-state index contributed by atoms with van der Waals surface area (Å²) in [5.41, 5.74) is 0. The van der Waals surface area contributed by atoms with Gasteiger partial charge in [-0.15, -0.1) is 0 Å². The van der Waals surface area contributed by atoms with Crippen LogP contribution in [0.25, 0.3) is 0 Å². The quantitative estimate of drug-likeness (QED) is 0.506. The van der Waals surface area contributed by atoms with Gasteiger partial charge >= 0.3 is 0 Å². The summed E-state index contributed by atoms with van der Waals surface area (Å²) >= 11 is 6.32. The molecular weight excluding hydrogens is 445 g/mol. The van der Waals surface area contributed by atoms with Gasteiger partial charge in [0.05, 0.1) is 3.92 Å². The zero-order valence-electron chi connectivity index (χ0n) is 4.37. The molecule has 4 heteroatoms. The molecule has 0 aromatic carbocycles. The first-order valence-electron chi connectivity index (χ1n) is 2.22. The average molecular weight is 452 g/mol. The van der Waals surface area contributed by atoms with Gasteiger partial charge in [-0.25, -0.2) is 0 Å². The number of hydrogen-bond donors (Lipinski definition) is 1. The molecule has 0 saturated heterocycles. The summed E-state index contributed by atoms with van der Waals surface area (Å²) in [6.45, 7) is 2.07. The molecule has 0 aliphatic heterocycles. The third-order valence-corrected chi connectivity index (χ3v) is 6.40. The van der Waals surface area contributed by atoms with Gasteiger partial charge in [-0.3, -0.25) is 0 Å². The SMILES string of the molecule is CCC(I)C(O)(I)I. The lowest BCUT2D eigenvalue weighted by Crippen LogP contribution is -2.22. The van der Waals surface area contributed by atoms with Gasteiger partial charge < -0.3 is 5.11 Å². The first-order chi connectivity index (χ1) is 3.48. The maximum atomic E-state index is 9.25. The number of rotatable bonds is 2. The fourth-order valence-corrected chi connectivity index (χ4v) is 1.13. The van der Waals surface area contributed by atoms with Crippen LogP contribution >= 0.6 is 67.8 Å². The molecule has 0 amide bonds. The highest BCUT2D eigenvalue weighted by Crippen LogP contribution is 2.34. The Balaban J connectivity index is 3.62. The second-order valence-corrected chi connectivity index (χ2v) is 8.32. The first kappa shape index (κ1) is 10.2. The van der Waals surface area contributed by atoms with Gasteiger partial charge in [-0.05, 0) is 51.6 Å². The lowest BCUT2D eigenvalue weighted by molar-refractivity contribution is 0.263. The highest BCUT2D eigenvalue weighted by molar-refractivity contribution is 14.2. The molecule has 1 unspecified atom stereocenters. The Morgan fingerprint density at radius 1 is 1.62 bits per heavy atom. The van der Waals surface area contributed by atoms with Gasteiger partial charge in [0, 0.05) is 0 Å². The summed E-state index contributed by atoms with van der Waals surface area (Å²) in [5, 5.41) is 9.25. The zero-order valence-corrected chi connectivity index (χ0v) is 10.8. The molecule has 0 rings (SSSR count). The monoisotopic (exact) mass is 452 g/mol. The Bertz CT molecular complexity index is 68.2. The molecule has 0 aliphatic rings. The summed E-state index contributed by atoms with van der Waals surface area (Å²) in [5.74, 6) is 0. The summed E-state index contributed by atoms with van der Waals surface area (Å²) in [4.78, 5) is 0. The van der Waals surface area contributed by atoms with Crippen molar-refractivity contribution < 1.29 is 5.11 Å². The van der Waals surface area contributed by atoms with Crippen molar-refractivity contribution in [1.82, 2.24) is 0 Å². The van der Waals surface area contributed by atoms with Crippen LogP contribution in [0.1, 0.15) is 13.3 Å². The second kappa shape index (κ2) is 4.12. The molecule has 1 N–H and O–H groups in total. The normalized spacial score (nSPS) is 16.1. The van der Waals surface area contributed by atoms with Gasteiger partial charge in [0.25, 0.3) is 0 Å². The minimum Gasteiger partial charge on any atom is -0.370 e. The van der Waals surface area contributed by atoms with Crippen LogP contribution in [0.5, 0.6) is 0 Å². The van der Waals surface area contributed by atoms with Gasteiger partial charge in [0.15, 0.2) is 1.61 Å². The van der Waals surface area contributed by atoms with Crippen molar-refractivity contribution in [3.05, 3.63) is 0 Å². The minimum atomic E-state index is -0.565. The lowest BCUT2D eigenvalue weighted by Gasteiger charge is -2.17. The molecule has 0 heterocycles. The predicted molar refractivity (Wildman–Crippen MR) is 61.1 cm³/mol. The summed E-state index contributed by atoms with van der Waals surface area (Å²) in [6, 6.07) is 0. The van der Waals surface area contributed by atoms with Crippen molar-refractivity contribution in [1.29, 1.82) is 0 Å². The van der Waals surface area contributed by atoms with E-state index in [-0.39, 0.29) is 0 Å². The Morgan fingerprint density at radius 3 is 2.00 bits per heavy atom. The van der Waals surface area contributed by atoms with E-state index in [1.807, 2.05) is 45.2 Å². The highest BCUT2D eigenvalue weighted by atomic mass is 127. The van der Waals surface area contributed by atoms with E-state index in [2.05, 4.69) is 29.5 Å². The van der Waals surface area contributed by atoms with E-state index >= 15 is 0 Å². The predicted octanol–water partition coefficient (Wildman–Crippen LogP) is 2.72. The molecule has 0 fully saturated rings. The van der Waals surface area contributed by atoms with Crippen LogP contribution in [-0.4, -0.2) is 10.6 Å². The Kier molecular flexibility index (Phi) is 5.22. The molecule has 0 aromatic heterocycles. The smallest absolute Gasteiger partial charge is 0.178 e. The fourth-order valence-electron chi connectivity index (χ4n) is 0.246.